The van der Waals surface area contributed by atoms with Crippen molar-refractivity contribution in [1.29, 1.82) is 0 Å². The van der Waals surface area contributed by atoms with Gasteiger partial charge in [0.1, 0.15) is 11.5 Å². The van der Waals surface area contributed by atoms with Gasteiger partial charge in [0.2, 0.25) is 5.95 Å². The highest BCUT2D eigenvalue weighted by atomic mass is 16.5. The van der Waals surface area contributed by atoms with Crippen LogP contribution in [0.2, 0.25) is 0 Å². The number of methoxy groups -OCH3 is 1. The van der Waals surface area contributed by atoms with Gasteiger partial charge in [0.25, 0.3) is 5.56 Å². The van der Waals surface area contributed by atoms with Crippen molar-refractivity contribution in [1.82, 2.24) is 9.97 Å². The third kappa shape index (κ3) is 5.93. The SMILES string of the molecule is CCCCOc1ccc(/C=N\Nc2nc(-c3ccc(OC)cc3)cc(=O)[nH]2)cc1. The number of ether oxygens (including phenoxy) is 2. The van der Waals surface area contributed by atoms with Gasteiger partial charge in [-0.2, -0.15) is 5.10 Å². The highest BCUT2D eigenvalue weighted by Crippen LogP contribution is 2.20. The largest absolute Gasteiger partial charge is 0.497 e. The summed E-state index contributed by atoms with van der Waals surface area (Å²) < 4.78 is 10.8. The Hall–Kier alpha value is -3.61. The lowest BCUT2D eigenvalue weighted by molar-refractivity contribution is 0.309. The van der Waals surface area contributed by atoms with Gasteiger partial charge in [-0.05, 0) is 60.5 Å². The number of aromatic amines is 1. The van der Waals surface area contributed by atoms with Crippen LogP contribution in [0.5, 0.6) is 11.5 Å². The van der Waals surface area contributed by atoms with Crippen molar-refractivity contribution in [2.45, 2.75) is 19.8 Å². The van der Waals surface area contributed by atoms with Gasteiger partial charge in [0.05, 0.1) is 25.6 Å². The molecular formula is C22H24N4O3. The molecule has 2 N–H and O–H groups in total. The second kappa shape index (κ2) is 10.1. The van der Waals surface area contributed by atoms with Crippen LogP contribution in [0.4, 0.5) is 5.95 Å². The number of aromatic nitrogens is 2. The quantitative estimate of drug-likeness (QED) is 0.326. The summed E-state index contributed by atoms with van der Waals surface area (Å²) in [6.07, 6.45) is 3.79. The van der Waals surface area contributed by atoms with Gasteiger partial charge in [0.15, 0.2) is 0 Å². The Morgan fingerprint density at radius 2 is 1.83 bits per heavy atom. The molecule has 0 aliphatic heterocycles. The van der Waals surface area contributed by atoms with E-state index in [1.807, 2.05) is 48.5 Å². The Balaban J connectivity index is 1.65. The van der Waals surface area contributed by atoms with E-state index in [0.717, 1.165) is 42.1 Å². The van der Waals surface area contributed by atoms with E-state index in [1.54, 1.807) is 13.3 Å². The maximum atomic E-state index is 12.0. The molecule has 1 aromatic heterocycles. The third-order valence-corrected chi connectivity index (χ3v) is 4.16. The van der Waals surface area contributed by atoms with Gasteiger partial charge >= 0.3 is 0 Å². The van der Waals surface area contributed by atoms with E-state index in [4.69, 9.17) is 9.47 Å². The minimum absolute atomic E-state index is 0.263. The molecule has 0 amide bonds. The van der Waals surface area contributed by atoms with Crippen LogP contribution in [0.1, 0.15) is 25.3 Å². The molecule has 0 saturated carbocycles. The lowest BCUT2D eigenvalue weighted by Gasteiger charge is -2.06. The molecule has 0 atom stereocenters. The first-order valence-electron chi connectivity index (χ1n) is 9.45. The van der Waals surface area contributed by atoms with E-state index in [0.29, 0.717) is 5.69 Å². The van der Waals surface area contributed by atoms with E-state index < -0.39 is 0 Å². The number of rotatable bonds is 9. The summed E-state index contributed by atoms with van der Waals surface area (Å²) in [5, 5.41) is 4.15. The third-order valence-electron chi connectivity index (χ3n) is 4.16. The summed E-state index contributed by atoms with van der Waals surface area (Å²) in [6, 6.07) is 16.4. The van der Waals surface area contributed by atoms with Crippen molar-refractivity contribution in [3.8, 4) is 22.8 Å². The molecule has 0 aliphatic rings. The molecule has 7 nitrogen and oxygen atoms in total. The molecule has 0 bridgehead atoms. The monoisotopic (exact) mass is 392 g/mol. The van der Waals surface area contributed by atoms with E-state index in [2.05, 4.69) is 27.4 Å². The van der Waals surface area contributed by atoms with Crippen LogP contribution in [0.3, 0.4) is 0 Å². The zero-order chi connectivity index (χ0) is 20.5. The number of anilines is 1. The fraction of sp³-hybridized carbons (Fsp3) is 0.227. The Kier molecular flexibility index (Phi) is 7.00. The first-order valence-corrected chi connectivity index (χ1v) is 9.45. The first kappa shape index (κ1) is 20.1. The van der Waals surface area contributed by atoms with E-state index >= 15 is 0 Å². The van der Waals surface area contributed by atoms with Crippen molar-refractivity contribution in [2.75, 3.05) is 19.1 Å². The van der Waals surface area contributed by atoms with Gasteiger partial charge < -0.3 is 9.47 Å². The summed E-state index contributed by atoms with van der Waals surface area (Å²) in [5.41, 5.74) is 4.75. The van der Waals surface area contributed by atoms with Crippen LogP contribution in [-0.4, -0.2) is 29.9 Å². The van der Waals surface area contributed by atoms with Crippen molar-refractivity contribution < 1.29 is 9.47 Å². The maximum Gasteiger partial charge on any atom is 0.252 e. The topological polar surface area (TPSA) is 88.6 Å². The smallest absolute Gasteiger partial charge is 0.252 e. The van der Waals surface area contributed by atoms with Crippen LogP contribution in [-0.2, 0) is 0 Å². The van der Waals surface area contributed by atoms with Crippen molar-refractivity contribution in [3.63, 3.8) is 0 Å². The van der Waals surface area contributed by atoms with Crippen LogP contribution >= 0.6 is 0 Å². The predicted molar refractivity (Wildman–Crippen MR) is 115 cm³/mol. The molecule has 0 fully saturated rings. The highest BCUT2D eigenvalue weighted by Gasteiger charge is 2.04. The van der Waals surface area contributed by atoms with Gasteiger partial charge in [-0.1, -0.05) is 13.3 Å². The second-order valence-corrected chi connectivity index (χ2v) is 6.35. The summed E-state index contributed by atoms with van der Waals surface area (Å²) in [7, 11) is 1.60. The van der Waals surface area contributed by atoms with Crippen LogP contribution in [0.15, 0.2) is 64.5 Å². The van der Waals surface area contributed by atoms with Crippen LogP contribution < -0.4 is 20.5 Å². The predicted octanol–water partition coefficient (Wildman–Crippen LogP) is 4.07. The molecule has 7 heteroatoms. The molecule has 29 heavy (non-hydrogen) atoms. The molecule has 150 valence electrons. The Labute approximate surface area is 169 Å². The number of nitrogens with zero attached hydrogens (tertiary/aromatic N) is 2. The normalized spacial score (nSPS) is 10.8. The molecule has 0 saturated heterocycles. The van der Waals surface area contributed by atoms with Crippen molar-refractivity contribution in [2.24, 2.45) is 5.10 Å². The number of unbranched alkanes of at least 4 members (excludes halogenated alkanes) is 1. The van der Waals surface area contributed by atoms with Gasteiger partial charge in [-0.3, -0.25) is 9.78 Å². The number of hydrogen-bond acceptors (Lipinski definition) is 6. The minimum Gasteiger partial charge on any atom is -0.497 e. The van der Waals surface area contributed by atoms with Crippen molar-refractivity contribution in [3.05, 3.63) is 70.5 Å². The molecule has 3 rings (SSSR count). The second-order valence-electron chi connectivity index (χ2n) is 6.35. The van der Waals surface area contributed by atoms with Gasteiger partial charge in [-0.15, -0.1) is 0 Å². The summed E-state index contributed by atoms with van der Waals surface area (Å²) >= 11 is 0. The number of H-pyrrole nitrogens is 1. The zero-order valence-corrected chi connectivity index (χ0v) is 16.5. The average molecular weight is 392 g/mol. The molecular weight excluding hydrogens is 368 g/mol. The molecule has 2 aromatic carbocycles. The first-order chi connectivity index (χ1) is 14.2. The number of hydrogen-bond donors (Lipinski definition) is 2. The van der Waals surface area contributed by atoms with E-state index in [1.165, 1.54) is 6.07 Å². The molecule has 0 radical (unpaired) electrons. The standard InChI is InChI=1S/C22H24N4O3/c1-3-4-13-29-19-9-5-16(6-10-19)15-23-26-22-24-20(14-21(27)25-22)17-7-11-18(28-2)12-8-17/h5-12,14-15H,3-4,13H2,1-2H3,(H2,24,25,26,27)/b23-15-. The Bertz CT molecular complexity index is 996. The average Bonchev–Trinajstić information content (AvgIpc) is 2.75. The van der Waals surface area contributed by atoms with E-state index in [9.17, 15) is 4.79 Å². The summed E-state index contributed by atoms with van der Waals surface area (Å²) in [5.74, 6) is 1.84. The van der Waals surface area contributed by atoms with Gasteiger partial charge in [-0.25, -0.2) is 10.4 Å². The van der Waals surface area contributed by atoms with Crippen LogP contribution in [0.25, 0.3) is 11.3 Å². The van der Waals surface area contributed by atoms with Gasteiger partial charge in [0, 0.05) is 11.6 Å². The van der Waals surface area contributed by atoms with Crippen LogP contribution in [0, 0.1) is 0 Å². The molecule has 0 aliphatic carbocycles. The summed E-state index contributed by atoms with van der Waals surface area (Å²) in [4.78, 5) is 19.0. The highest BCUT2D eigenvalue weighted by molar-refractivity contribution is 5.80. The molecule has 1 heterocycles. The molecule has 3 aromatic rings. The Morgan fingerprint density at radius 1 is 1.10 bits per heavy atom. The zero-order valence-electron chi connectivity index (χ0n) is 16.5. The number of benzene rings is 2. The van der Waals surface area contributed by atoms with E-state index in [-0.39, 0.29) is 11.5 Å². The maximum absolute atomic E-state index is 12.0. The van der Waals surface area contributed by atoms with Crippen molar-refractivity contribution >= 4 is 12.2 Å². The summed E-state index contributed by atoms with van der Waals surface area (Å²) in [6.45, 7) is 2.85. The number of hydrazone groups is 1. The molecule has 0 unspecified atom stereocenters. The number of nitrogens with one attached hydrogen (secondary N) is 2. The minimum atomic E-state index is -0.267. The Morgan fingerprint density at radius 3 is 2.52 bits per heavy atom. The fourth-order valence-electron chi connectivity index (χ4n) is 2.57. The lowest BCUT2D eigenvalue weighted by atomic mass is 10.1. The fourth-order valence-corrected chi connectivity index (χ4v) is 2.57. The lowest BCUT2D eigenvalue weighted by Crippen LogP contribution is -2.10. The molecule has 0 spiro atoms.